The molecule has 172 valence electrons. The van der Waals surface area contributed by atoms with Gasteiger partial charge in [-0.1, -0.05) is 36.4 Å². The van der Waals surface area contributed by atoms with Crippen molar-refractivity contribution >= 4 is 17.8 Å². The van der Waals surface area contributed by atoms with E-state index >= 15 is 0 Å². The van der Waals surface area contributed by atoms with Crippen molar-refractivity contribution in [3.05, 3.63) is 95.3 Å². The van der Waals surface area contributed by atoms with Crippen molar-refractivity contribution in [1.82, 2.24) is 0 Å². The molecule has 0 N–H and O–H groups in total. The molecule has 0 fully saturated rings. The highest BCUT2D eigenvalue weighted by atomic mass is 16.5. The number of Topliss-reactive ketones (excluding diaryl/α,β-unsaturated/α-hetero) is 1. The third-order valence-corrected chi connectivity index (χ3v) is 5.15. The minimum absolute atomic E-state index is 0.159. The van der Waals surface area contributed by atoms with Crippen molar-refractivity contribution in [3.8, 4) is 28.7 Å². The van der Waals surface area contributed by atoms with Crippen LogP contribution in [0, 0.1) is 0 Å². The van der Waals surface area contributed by atoms with E-state index in [2.05, 4.69) is 0 Å². The fourth-order valence-electron chi connectivity index (χ4n) is 3.50. The molecule has 0 unspecified atom stereocenters. The lowest BCUT2D eigenvalue weighted by Gasteiger charge is -2.12. The molecule has 1 aliphatic heterocycles. The van der Waals surface area contributed by atoms with E-state index in [4.69, 9.17) is 23.7 Å². The molecule has 7 nitrogen and oxygen atoms in total. The Morgan fingerprint density at radius 2 is 1.53 bits per heavy atom. The number of ether oxygens (including phenoxy) is 5. The van der Waals surface area contributed by atoms with Gasteiger partial charge < -0.3 is 23.7 Å². The third-order valence-electron chi connectivity index (χ3n) is 5.15. The van der Waals surface area contributed by atoms with E-state index in [1.807, 2.05) is 30.3 Å². The van der Waals surface area contributed by atoms with Crippen molar-refractivity contribution in [2.24, 2.45) is 0 Å². The fourth-order valence-corrected chi connectivity index (χ4v) is 3.50. The standard InChI is InChI=1S/C27H22O7/c1-30-20-10-5-4-8-17(20)9-6-13-23-26(28)19-15-14-18(16-24(19)34-23)33-27(29)25-21(31-2)11-7-12-22(25)32-3/h4-16H,1-3H3. The van der Waals surface area contributed by atoms with Crippen LogP contribution in [0.3, 0.4) is 0 Å². The number of allylic oxidation sites excluding steroid dienone is 3. The zero-order valence-electron chi connectivity index (χ0n) is 18.9. The van der Waals surface area contributed by atoms with E-state index in [9.17, 15) is 9.59 Å². The Morgan fingerprint density at radius 1 is 0.853 bits per heavy atom. The second-order valence-corrected chi connectivity index (χ2v) is 7.15. The summed E-state index contributed by atoms with van der Waals surface area (Å²) in [4.78, 5) is 25.5. The lowest BCUT2D eigenvalue weighted by molar-refractivity contribution is 0.0727. The zero-order chi connectivity index (χ0) is 24.1. The molecule has 0 bridgehead atoms. The van der Waals surface area contributed by atoms with Crippen LogP contribution in [0.4, 0.5) is 0 Å². The number of rotatable bonds is 7. The summed E-state index contributed by atoms with van der Waals surface area (Å²) in [6, 6.07) is 17.1. The van der Waals surface area contributed by atoms with Gasteiger partial charge in [0.2, 0.25) is 5.78 Å². The molecule has 0 saturated heterocycles. The van der Waals surface area contributed by atoms with E-state index < -0.39 is 5.97 Å². The van der Waals surface area contributed by atoms with E-state index in [0.29, 0.717) is 22.8 Å². The molecule has 1 aliphatic rings. The van der Waals surface area contributed by atoms with Crippen molar-refractivity contribution in [1.29, 1.82) is 0 Å². The van der Waals surface area contributed by atoms with Gasteiger partial charge in [-0.2, -0.15) is 0 Å². The first-order chi connectivity index (χ1) is 16.5. The van der Waals surface area contributed by atoms with Gasteiger partial charge in [-0.25, -0.2) is 4.79 Å². The summed E-state index contributed by atoms with van der Waals surface area (Å²) in [6.45, 7) is 0. The van der Waals surface area contributed by atoms with E-state index in [-0.39, 0.29) is 22.9 Å². The summed E-state index contributed by atoms with van der Waals surface area (Å²) in [7, 11) is 4.51. The molecule has 34 heavy (non-hydrogen) atoms. The van der Waals surface area contributed by atoms with Gasteiger partial charge in [-0.15, -0.1) is 0 Å². The smallest absolute Gasteiger partial charge is 0.351 e. The van der Waals surface area contributed by atoms with Crippen LogP contribution in [0.1, 0.15) is 26.3 Å². The number of carbonyl (C=O) groups is 2. The minimum atomic E-state index is -0.658. The largest absolute Gasteiger partial charge is 0.496 e. The molecule has 0 radical (unpaired) electrons. The quantitative estimate of drug-likeness (QED) is 0.277. The van der Waals surface area contributed by atoms with Crippen molar-refractivity contribution in [2.75, 3.05) is 21.3 Å². The van der Waals surface area contributed by atoms with Crippen LogP contribution in [0.15, 0.2) is 78.6 Å². The molecular formula is C27H22O7. The van der Waals surface area contributed by atoms with Gasteiger partial charge in [0, 0.05) is 11.6 Å². The normalized spacial score (nSPS) is 13.5. The average molecular weight is 458 g/mol. The van der Waals surface area contributed by atoms with Crippen LogP contribution in [0.25, 0.3) is 6.08 Å². The summed E-state index contributed by atoms with van der Waals surface area (Å²) < 4.78 is 27.1. The van der Waals surface area contributed by atoms with Gasteiger partial charge in [0.25, 0.3) is 0 Å². The van der Waals surface area contributed by atoms with Gasteiger partial charge >= 0.3 is 5.97 Å². The van der Waals surface area contributed by atoms with Crippen LogP contribution in [-0.2, 0) is 0 Å². The second-order valence-electron chi connectivity index (χ2n) is 7.15. The van der Waals surface area contributed by atoms with Gasteiger partial charge in [-0.3, -0.25) is 4.79 Å². The number of para-hydroxylation sites is 1. The second kappa shape index (κ2) is 9.95. The summed E-state index contributed by atoms with van der Waals surface area (Å²) in [5, 5.41) is 0. The minimum Gasteiger partial charge on any atom is -0.496 e. The molecule has 0 aromatic heterocycles. The van der Waals surface area contributed by atoms with Crippen molar-refractivity contribution in [3.63, 3.8) is 0 Å². The molecule has 3 aromatic carbocycles. The first kappa shape index (κ1) is 22.7. The monoisotopic (exact) mass is 458 g/mol. The number of methoxy groups -OCH3 is 3. The fraction of sp³-hybridized carbons (Fsp3) is 0.111. The lowest BCUT2D eigenvalue weighted by Crippen LogP contribution is -2.12. The summed E-state index contributed by atoms with van der Waals surface area (Å²) in [5.74, 6) is 1.13. The Kier molecular flexibility index (Phi) is 6.64. The van der Waals surface area contributed by atoms with Gasteiger partial charge in [0.15, 0.2) is 5.76 Å². The number of carbonyl (C=O) groups excluding carboxylic acids is 2. The van der Waals surface area contributed by atoms with Crippen LogP contribution >= 0.6 is 0 Å². The SMILES string of the molecule is COc1ccccc1C=CC=C1Oc2cc(OC(=O)c3c(OC)cccc3OC)ccc2C1=O. The lowest BCUT2D eigenvalue weighted by atomic mass is 10.1. The Balaban J connectivity index is 1.53. The van der Waals surface area contributed by atoms with Crippen molar-refractivity contribution < 1.29 is 33.3 Å². The summed E-state index contributed by atoms with van der Waals surface area (Å²) >= 11 is 0. The molecule has 3 aromatic rings. The molecule has 0 spiro atoms. The molecule has 0 aliphatic carbocycles. The number of hydrogen-bond donors (Lipinski definition) is 0. The van der Waals surface area contributed by atoms with Crippen LogP contribution < -0.4 is 23.7 Å². The van der Waals surface area contributed by atoms with Crippen LogP contribution in [0.2, 0.25) is 0 Å². The predicted molar refractivity (Wildman–Crippen MR) is 126 cm³/mol. The average Bonchev–Trinajstić information content (AvgIpc) is 3.18. The third kappa shape index (κ3) is 4.49. The molecular weight excluding hydrogens is 436 g/mol. The molecule has 0 amide bonds. The molecule has 4 rings (SSSR count). The first-order valence-electron chi connectivity index (χ1n) is 10.4. The maximum atomic E-state index is 12.8. The number of esters is 1. The predicted octanol–water partition coefficient (Wildman–Crippen LogP) is 5.10. The van der Waals surface area contributed by atoms with E-state index in [1.54, 1.807) is 43.5 Å². The van der Waals surface area contributed by atoms with Gasteiger partial charge in [0.1, 0.15) is 34.3 Å². The number of hydrogen-bond acceptors (Lipinski definition) is 7. The topological polar surface area (TPSA) is 80.3 Å². The molecule has 0 atom stereocenters. The Morgan fingerprint density at radius 3 is 2.24 bits per heavy atom. The van der Waals surface area contributed by atoms with Gasteiger partial charge in [-0.05, 0) is 36.4 Å². The number of ketones is 1. The van der Waals surface area contributed by atoms with E-state index in [1.165, 1.54) is 26.4 Å². The highest BCUT2D eigenvalue weighted by Gasteiger charge is 2.28. The Bertz CT molecular complexity index is 1280. The van der Waals surface area contributed by atoms with Crippen molar-refractivity contribution in [2.45, 2.75) is 0 Å². The molecule has 1 heterocycles. The summed E-state index contributed by atoms with van der Waals surface area (Å²) in [5.41, 5.74) is 1.41. The van der Waals surface area contributed by atoms with Crippen LogP contribution in [0.5, 0.6) is 28.7 Å². The molecule has 0 saturated carbocycles. The van der Waals surface area contributed by atoms with Crippen LogP contribution in [-0.4, -0.2) is 33.1 Å². The van der Waals surface area contributed by atoms with E-state index in [0.717, 1.165) is 11.3 Å². The highest BCUT2D eigenvalue weighted by Crippen LogP contribution is 2.35. The maximum absolute atomic E-state index is 12.8. The number of benzene rings is 3. The van der Waals surface area contributed by atoms with Gasteiger partial charge in [0.05, 0.1) is 26.9 Å². The Hall–Kier alpha value is -4.52. The summed E-state index contributed by atoms with van der Waals surface area (Å²) in [6.07, 6.45) is 5.12. The maximum Gasteiger partial charge on any atom is 0.351 e. The zero-order valence-corrected chi connectivity index (χ0v) is 18.9. The number of fused-ring (bicyclic) bond motifs is 1. The molecule has 7 heteroatoms. The Labute approximate surface area is 196 Å². The highest BCUT2D eigenvalue weighted by molar-refractivity contribution is 6.12. The first-order valence-corrected chi connectivity index (χ1v) is 10.4.